The van der Waals surface area contributed by atoms with E-state index in [1.165, 1.54) is 5.56 Å². The van der Waals surface area contributed by atoms with Crippen molar-refractivity contribution < 1.29 is 14.4 Å². The van der Waals surface area contributed by atoms with Crippen LogP contribution in [-0.2, 0) is 4.79 Å². The van der Waals surface area contributed by atoms with Crippen LogP contribution >= 0.6 is 0 Å². The van der Waals surface area contributed by atoms with Gasteiger partial charge in [0, 0.05) is 31.4 Å². The van der Waals surface area contributed by atoms with Gasteiger partial charge in [0.25, 0.3) is 11.8 Å². The second-order valence-corrected chi connectivity index (χ2v) is 7.46. The highest BCUT2D eigenvalue weighted by atomic mass is 16.2. The molecule has 6 heteroatoms. The van der Waals surface area contributed by atoms with E-state index in [9.17, 15) is 14.4 Å². The Kier molecular flexibility index (Phi) is 4.63. The van der Waals surface area contributed by atoms with Gasteiger partial charge < -0.3 is 9.80 Å². The summed E-state index contributed by atoms with van der Waals surface area (Å²) in [4.78, 5) is 42.9. The summed E-state index contributed by atoms with van der Waals surface area (Å²) in [5.74, 6) is -0.967. The number of aryl methyl sites for hydroxylation is 1. The lowest BCUT2D eigenvalue weighted by atomic mass is 10.1. The molecule has 2 aliphatic rings. The summed E-state index contributed by atoms with van der Waals surface area (Å²) in [6.07, 6.45) is 0. The Balaban J connectivity index is 1.42. The van der Waals surface area contributed by atoms with Gasteiger partial charge in [-0.3, -0.25) is 19.3 Å². The van der Waals surface area contributed by atoms with Gasteiger partial charge in [0.2, 0.25) is 5.91 Å². The lowest BCUT2D eigenvalue weighted by Gasteiger charge is -2.41. The predicted octanol–water partition coefficient (Wildman–Crippen LogP) is 2.33. The van der Waals surface area contributed by atoms with Crippen molar-refractivity contribution in [1.29, 1.82) is 0 Å². The van der Waals surface area contributed by atoms with Crippen molar-refractivity contribution in [2.45, 2.75) is 19.9 Å². The molecule has 1 unspecified atom stereocenters. The maximum Gasteiger partial charge on any atom is 0.262 e. The molecule has 6 nitrogen and oxygen atoms in total. The van der Waals surface area contributed by atoms with Crippen LogP contribution in [0.15, 0.2) is 48.5 Å². The molecule has 3 amide bonds. The summed E-state index contributed by atoms with van der Waals surface area (Å²) in [7, 11) is 0. The maximum absolute atomic E-state index is 12.8. The molecule has 0 saturated carbocycles. The number of carbonyl (C=O) groups excluding carboxylic acids is 3. The first kappa shape index (κ1) is 18.2. The number of rotatable bonds is 3. The van der Waals surface area contributed by atoms with Gasteiger partial charge in [-0.05, 0) is 43.7 Å². The van der Waals surface area contributed by atoms with Gasteiger partial charge in [-0.1, -0.05) is 24.3 Å². The Morgan fingerprint density at radius 1 is 1.00 bits per heavy atom. The van der Waals surface area contributed by atoms with Crippen LogP contribution in [0.2, 0.25) is 0 Å². The van der Waals surface area contributed by atoms with E-state index in [-0.39, 0.29) is 30.3 Å². The van der Waals surface area contributed by atoms with Gasteiger partial charge in [0.1, 0.15) is 6.54 Å². The molecule has 0 bridgehead atoms. The summed E-state index contributed by atoms with van der Waals surface area (Å²) >= 11 is 0. The van der Waals surface area contributed by atoms with E-state index < -0.39 is 0 Å². The number of hydrogen-bond donors (Lipinski definition) is 0. The molecule has 0 aliphatic carbocycles. The number of nitrogens with zero attached hydrogens (tertiary/aromatic N) is 3. The zero-order valence-corrected chi connectivity index (χ0v) is 16.1. The molecule has 2 aliphatic heterocycles. The van der Waals surface area contributed by atoms with E-state index in [2.05, 4.69) is 36.9 Å². The van der Waals surface area contributed by atoms with E-state index in [0.29, 0.717) is 24.2 Å². The zero-order valence-electron chi connectivity index (χ0n) is 16.1. The predicted molar refractivity (Wildman–Crippen MR) is 106 cm³/mol. The van der Waals surface area contributed by atoms with Gasteiger partial charge in [0.05, 0.1) is 11.1 Å². The molecule has 2 aromatic carbocycles. The van der Waals surface area contributed by atoms with E-state index in [0.717, 1.165) is 17.1 Å². The third kappa shape index (κ3) is 3.15. The van der Waals surface area contributed by atoms with Gasteiger partial charge >= 0.3 is 0 Å². The highest BCUT2D eigenvalue weighted by molar-refractivity contribution is 6.22. The van der Waals surface area contributed by atoms with Crippen LogP contribution in [0.25, 0.3) is 0 Å². The molecule has 0 N–H and O–H groups in total. The molecule has 4 rings (SSSR count). The Hall–Kier alpha value is -3.15. The minimum Gasteiger partial charge on any atom is -0.365 e. The second kappa shape index (κ2) is 7.11. The first-order chi connectivity index (χ1) is 13.5. The Morgan fingerprint density at radius 3 is 2.29 bits per heavy atom. The van der Waals surface area contributed by atoms with Crippen molar-refractivity contribution in [2.24, 2.45) is 0 Å². The molecule has 2 aromatic rings. The molecule has 0 radical (unpaired) electrons. The van der Waals surface area contributed by atoms with Crippen LogP contribution < -0.4 is 4.90 Å². The largest absolute Gasteiger partial charge is 0.365 e. The van der Waals surface area contributed by atoms with Crippen LogP contribution in [0.1, 0.15) is 33.2 Å². The summed E-state index contributed by atoms with van der Waals surface area (Å²) in [5, 5.41) is 0. The molecule has 1 saturated heterocycles. The average Bonchev–Trinajstić information content (AvgIpc) is 2.93. The smallest absolute Gasteiger partial charge is 0.262 e. The standard InChI is InChI=1S/C22H23N3O3/c1-15-6-5-7-17(12-15)24-11-10-23(13-16(24)2)20(26)14-25-21(27)18-8-3-4-9-19(18)22(25)28/h3-9,12,16H,10-11,13-14H2,1-2H3. The molecule has 0 aromatic heterocycles. The summed E-state index contributed by atoms with van der Waals surface area (Å²) < 4.78 is 0. The van der Waals surface area contributed by atoms with Crippen molar-refractivity contribution in [1.82, 2.24) is 9.80 Å². The SMILES string of the molecule is Cc1cccc(N2CCN(C(=O)CN3C(=O)c4ccccc4C3=O)CC2C)c1. The van der Waals surface area contributed by atoms with Gasteiger partial charge in [-0.2, -0.15) is 0 Å². The fourth-order valence-corrected chi connectivity index (χ4v) is 3.99. The Morgan fingerprint density at radius 2 is 1.68 bits per heavy atom. The van der Waals surface area contributed by atoms with Crippen LogP contribution in [-0.4, -0.2) is 59.7 Å². The zero-order chi connectivity index (χ0) is 19.8. The molecular formula is C22H23N3O3. The quantitative estimate of drug-likeness (QED) is 0.771. The van der Waals surface area contributed by atoms with Crippen LogP contribution in [0.5, 0.6) is 0 Å². The minimum atomic E-state index is -0.389. The van der Waals surface area contributed by atoms with Crippen LogP contribution in [0, 0.1) is 6.92 Å². The lowest BCUT2D eigenvalue weighted by molar-refractivity contribution is -0.132. The van der Waals surface area contributed by atoms with Crippen LogP contribution in [0.3, 0.4) is 0 Å². The average molecular weight is 377 g/mol. The number of benzene rings is 2. The monoisotopic (exact) mass is 377 g/mol. The molecule has 2 heterocycles. The third-order valence-corrected chi connectivity index (χ3v) is 5.49. The van der Waals surface area contributed by atoms with E-state index in [4.69, 9.17) is 0 Å². The number of imide groups is 1. The topological polar surface area (TPSA) is 60.9 Å². The molecule has 1 atom stereocenters. The normalized spacial score (nSPS) is 19.2. The minimum absolute atomic E-state index is 0.154. The van der Waals surface area contributed by atoms with E-state index in [1.807, 2.05) is 6.07 Å². The van der Waals surface area contributed by atoms with Crippen molar-refractivity contribution in [3.8, 4) is 0 Å². The van der Waals surface area contributed by atoms with Gasteiger partial charge in [-0.15, -0.1) is 0 Å². The fraction of sp³-hybridized carbons (Fsp3) is 0.318. The maximum atomic E-state index is 12.8. The highest BCUT2D eigenvalue weighted by Gasteiger charge is 2.37. The number of amides is 3. The second-order valence-electron chi connectivity index (χ2n) is 7.46. The summed E-state index contributed by atoms with van der Waals surface area (Å²) in [6, 6.07) is 15.2. The number of carbonyl (C=O) groups is 3. The molecule has 0 spiro atoms. The highest BCUT2D eigenvalue weighted by Crippen LogP contribution is 2.24. The fourth-order valence-electron chi connectivity index (χ4n) is 3.99. The number of hydrogen-bond acceptors (Lipinski definition) is 4. The molecule has 144 valence electrons. The first-order valence-electron chi connectivity index (χ1n) is 9.52. The molecular weight excluding hydrogens is 354 g/mol. The van der Waals surface area contributed by atoms with Crippen molar-refractivity contribution in [2.75, 3.05) is 31.1 Å². The summed E-state index contributed by atoms with van der Waals surface area (Å²) in [6.45, 7) is 5.80. The van der Waals surface area contributed by atoms with Crippen molar-refractivity contribution in [3.63, 3.8) is 0 Å². The van der Waals surface area contributed by atoms with Gasteiger partial charge in [-0.25, -0.2) is 0 Å². The molecule has 1 fully saturated rings. The van der Waals surface area contributed by atoms with Gasteiger partial charge in [0.15, 0.2) is 0 Å². The van der Waals surface area contributed by atoms with E-state index in [1.54, 1.807) is 29.2 Å². The first-order valence-corrected chi connectivity index (χ1v) is 9.52. The Labute approximate surface area is 164 Å². The van der Waals surface area contributed by atoms with Crippen LogP contribution in [0.4, 0.5) is 5.69 Å². The lowest BCUT2D eigenvalue weighted by Crippen LogP contribution is -2.55. The Bertz CT molecular complexity index is 921. The summed E-state index contributed by atoms with van der Waals surface area (Å²) in [5.41, 5.74) is 3.10. The number of fused-ring (bicyclic) bond motifs is 1. The van der Waals surface area contributed by atoms with E-state index >= 15 is 0 Å². The number of piperazine rings is 1. The van der Waals surface area contributed by atoms with Crippen molar-refractivity contribution in [3.05, 3.63) is 65.2 Å². The van der Waals surface area contributed by atoms with Crippen molar-refractivity contribution >= 4 is 23.4 Å². The number of anilines is 1. The third-order valence-electron chi connectivity index (χ3n) is 5.49. The molecule has 28 heavy (non-hydrogen) atoms.